The number of nitrogens with zero attached hydrogens (tertiary/aromatic N) is 3. The van der Waals surface area contributed by atoms with Crippen molar-refractivity contribution in [3.63, 3.8) is 0 Å². The van der Waals surface area contributed by atoms with E-state index in [1.54, 1.807) is 11.9 Å². The lowest BCUT2D eigenvalue weighted by atomic mass is 10.3. The highest BCUT2D eigenvalue weighted by atomic mass is 35.5. The van der Waals surface area contributed by atoms with Gasteiger partial charge in [0.05, 0.1) is 12.6 Å². The lowest BCUT2D eigenvalue weighted by Gasteiger charge is -2.21. The molecule has 1 heterocycles. The van der Waals surface area contributed by atoms with E-state index in [0.29, 0.717) is 10.0 Å². The van der Waals surface area contributed by atoms with Gasteiger partial charge in [0, 0.05) is 7.05 Å². The maximum absolute atomic E-state index is 8.94. The fourth-order valence-corrected chi connectivity index (χ4v) is 1.93. The highest BCUT2D eigenvalue weighted by Gasteiger charge is 2.15. The van der Waals surface area contributed by atoms with E-state index in [9.17, 15) is 0 Å². The highest BCUT2D eigenvalue weighted by Crippen LogP contribution is 2.28. The van der Waals surface area contributed by atoms with E-state index in [4.69, 9.17) is 22.0 Å². The summed E-state index contributed by atoms with van der Waals surface area (Å²) in [7, 11) is 1.80. The van der Waals surface area contributed by atoms with Crippen molar-refractivity contribution >= 4 is 28.1 Å². The minimum Gasteiger partial charge on any atom is -0.394 e. The Labute approximate surface area is 91.4 Å². The molecule has 0 aromatic carbocycles. The van der Waals surface area contributed by atoms with Gasteiger partial charge in [0.2, 0.25) is 0 Å². The number of rotatable bonds is 3. The molecule has 14 heavy (non-hydrogen) atoms. The predicted molar refractivity (Wildman–Crippen MR) is 56.8 cm³/mol. The Morgan fingerprint density at radius 2 is 2.43 bits per heavy atom. The molecule has 1 aromatic heterocycles. The van der Waals surface area contributed by atoms with E-state index >= 15 is 0 Å². The number of aliphatic hydroxyl groups is 1. The molecular formula is C8H10ClN3OS. The zero-order chi connectivity index (χ0) is 10.7. The first-order valence-corrected chi connectivity index (χ1v) is 5.19. The van der Waals surface area contributed by atoms with Gasteiger partial charge in [-0.1, -0.05) is 22.9 Å². The van der Waals surface area contributed by atoms with Gasteiger partial charge in [-0.2, -0.15) is 5.26 Å². The lowest BCUT2D eigenvalue weighted by molar-refractivity contribution is 0.270. The summed E-state index contributed by atoms with van der Waals surface area (Å²) in [4.78, 5) is 6.22. The smallest absolute Gasteiger partial charge is 0.188 e. The Bertz CT molecular complexity index is 360. The maximum Gasteiger partial charge on any atom is 0.188 e. The van der Waals surface area contributed by atoms with Crippen molar-refractivity contribution in [3.05, 3.63) is 10.0 Å². The summed E-state index contributed by atoms with van der Waals surface area (Å²) in [5.74, 6) is 0. The van der Waals surface area contributed by atoms with E-state index in [2.05, 4.69) is 4.98 Å². The molecule has 1 aromatic rings. The molecule has 0 aliphatic carbocycles. The van der Waals surface area contributed by atoms with Crippen molar-refractivity contribution < 1.29 is 5.11 Å². The van der Waals surface area contributed by atoms with Crippen LogP contribution >= 0.6 is 22.9 Å². The SMILES string of the molecule is CC(CO)N(C)c1nc(Cl)c(C#N)s1. The van der Waals surface area contributed by atoms with Gasteiger partial charge in [0.25, 0.3) is 0 Å². The van der Waals surface area contributed by atoms with E-state index < -0.39 is 0 Å². The molecule has 0 radical (unpaired) electrons. The standard InChI is InChI=1S/C8H10ClN3OS/c1-5(4-13)12(2)8-11-7(9)6(3-10)14-8/h5,13H,4H2,1-2H3. The Balaban J connectivity index is 2.92. The lowest BCUT2D eigenvalue weighted by Crippen LogP contribution is -2.31. The summed E-state index contributed by atoms with van der Waals surface area (Å²) in [6.45, 7) is 1.90. The number of halogens is 1. The average Bonchev–Trinajstić information content (AvgIpc) is 2.57. The van der Waals surface area contributed by atoms with Gasteiger partial charge in [-0.15, -0.1) is 0 Å². The summed E-state index contributed by atoms with van der Waals surface area (Å²) in [6.07, 6.45) is 0. The number of anilines is 1. The number of nitriles is 1. The fraction of sp³-hybridized carbons (Fsp3) is 0.500. The summed E-state index contributed by atoms with van der Waals surface area (Å²) < 4.78 is 0. The molecule has 6 heteroatoms. The van der Waals surface area contributed by atoms with E-state index in [1.807, 2.05) is 13.0 Å². The first-order valence-electron chi connectivity index (χ1n) is 4.00. The number of hydrogen-bond acceptors (Lipinski definition) is 5. The molecule has 76 valence electrons. The monoisotopic (exact) mass is 231 g/mol. The van der Waals surface area contributed by atoms with Crippen molar-refractivity contribution in [1.82, 2.24) is 4.98 Å². The largest absolute Gasteiger partial charge is 0.394 e. The van der Waals surface area contributed by atoms with Gasteiger partial charge in [-0.05, 0) is 6.92 Å². The Hall–Kier alpha value is -0.830. The molecule has 1 N–H and O–H groups in total. The second-order valence-electron chi connectivity index (χ2n) is 2.87. The molecule has 0 amide bonds. The van der Waals surface area contributed by atoms with Crippen molar-refractivity contribution in [2.24, 2.45) is 0 Å². The summed E-state index contributed by atoms with van der Waals surface area (Å²) in [5, 5.41) is 18.5. The number of thiazole rings is 1. The maximum atomic E-state index is 8.94. The third-order valence-electron chi connectivity index (χ3n) is 1.90. The molecule has 4 nitrogen and oxygen atoms in total. The molecule has 0 spiro atoms. The summed E-state index contributed by atoms with van der Waals surface area (Å²) in [5.41, 5.74) is 0. The van der Waals surface area contributed by atoms with Crippen LogP contribution in [0.3, 0.4) is 0 Å². The van der Waals surface area contributed by atoms with Gasteiger partial charge in [-0.25, -0.2) is 4.98 Å². The van der Waals surface area contributed by atoms with Crippen LogP contribution in [0.5, 0.6) is 0 Å². The van der Waals surface area contributed by atoms with Gasteiger partial charge >= 0.3 is 0 Å². The topological polar surface area (TPSA) is 60.1 Å². The number of likely N-dealkylation sites (N-methyl/N-ethyl adjacent to an activating group) is 1. The second kappa shape index (κ2) is 4.60. The van der Waals surface area contributed by atoms with Gasteiger partial charge in [-0.3, -0.25) is 0 Å². The molecule has 0 aliphatic heterocycles. The highest BCUT2D eigenvalue weighted by molar-refractivity contribution is 7.16. The molecule has 1 rings (SSSR count). The molecule has 0 saturated carbocycles. The minimum atomic E-state index is -0.0382. The normalized spacial score (nSPS) is 12.2. The Morgan fingerprint density at radius 3 is 2.86 bits per heavy atom. The summed E-state index contributed by atoms with van der Waals surface area (Å²) >= 11 is 6.95. The second-order valence-corrected chi connectivity index (χ2v) is 4.21. The number of aromatic nitrogens is 1. The van der Waals surface area contributed by atoms with Crippen molar-refractivity contribution in [2.45, 2.75) is 13.0 Å². The third-order valence-corrected chi connectivity index (χ3v) is 3.34. The zero-order valence-electron chi connectivity index (χ0n) is 7.86. The number of aliphatic hydroxyl groups excluding tert-OH is 1. The Morgan fingerprint density at radius 1 is 1.79 bits per heavy atom. The predicted octanol–water partition coefficient (Wildman–Crippen LogP) is 1.49. The summed E-state index contributed by atoms with van der Waals surface area (Å²) in [6, 6.07) is 1.92. The van der Waals surface area contributed by atoms with Crippen molar-refractivity contribution in [1.29, 1.82) is 5.26 Å². The van der Waals surface area contributed by atoms with Crippen molar-refractivity contribution in [2.75, 3.05) is 18.6 Å². The van der Waals surface area contributed by atoms with E-state index in [0.717, 1.165) is 0 Å². The molecule has 0 fully saturated rings. The number of hydrogen-bond donors (Lipinski definition) is 1. The van der Waals surface area contributed by atoms with E-state index in [1.165, 1.54) is 11.3 Å². The average molecular weight is 232 g/mol. The minimum absolute atomic E-state index is 0.0373. The van der Waals surface area contributed by atoms with Crippen molar-refractivity contribution in [3.8, 4) is 6.07 Å². The van der Waals surface area contributed by atoms with Crippen LogP contribution in [0, 0.1) is 11.3 Å². The first-order chi connectivity index (χ1) is 6.60. The van der Waals surface area contributed by atoms with Gasteiger partial charge in [0.1, 0.15) is 10.9 Å². The van der Waals surface area contributed by atoms with Crippen LogP contribution < -0.4 is 4.90 Å². The van der Waals surface area contributed by atoms with Gasteiger partial charge < -0.3 is 10.0 Å². The molecule has 0 aliphatic rings. The first kappa shape index (κ1) is 11.2. The van der Waals surface area contributed by atoms with Crippen LogP contribution in [0.1, 0.15) is 11.8 Å². The molecule has 1 unspecified atom stereocenters. The quantitative estimate of drug-likeness (QED) is 0.856. The van der Waals surface area contributed by atoms with Crippen LogP contribution in [0.25, 0.3) is 0 Å². The Kier molecular flexibility index (Phi) is 3.69. The van der Waals surface area contributed by atoms with Crippen LogP contribution in [0.4, 0.5) is 5.13 Å². The molecule has 1 atom stereocenters. The van der Waals surface area contributed by atoms with Crippen LogP contribution in [0.2, 0.25) is 5.15 Å². The fourth-order valence-electron chi connectivity index (χ4n) is 0.822. The third kappa shape index (κ3) is 2.15. The molecule has 0 bridgehead atoms. The van der Waals surface area contributed by atoms with Gasteiger partial charge in [0.15, 0.2) is 10.3 Å². The van der Waals surface area contributed by atoms with Crippen LogP contribution in [-0.4, -0.2) is 29.8 Å². The van der Waals surface area contributed by atoms with E-state index in [-0.39, 0.29) is 17.8 Å². The van der Waals surface area contributed by atoms with Crippen LogP contribution in [-0.2, 0) is 0 Å². The van der Waals surface area contributed by atoms with Crippen LogP contribution in [0.15, 0.2) is 0 Å². The molecular weight excluding hydrogens is 222 g/mol. The zero-order valence-corrected chi connectivity index (χ0v) is 9.43. The molecule has 0 saturated heterocycles.